The molecule has 0 aromatic carbocycles. The Morgan fingerprint density at radius 3 is 2.56 bits per heavy atom. The highest BCUT2D eigenvalue weighted by atomic mass is 32.1. The summed E-state index contributed by atoms with van der Waals surface area (Å²) in [5.41, 5.74) is 6.80. The summed E-state index contributed by atoms with van der Waals surface area (Å²) in [7, 11) is 0. The van der Waals surface area contributed by atoms with Gasteiger partial charge in [-0.25, -0.2) is 0 Å². The van der Waals surface area contributed by atoms with E-state index in [-0.39, 0.29) is 17.9 Å². The summed E-state index contributed by atoms with van der Waals surface area (Å²) < 4.78 is 0. The molecule has 0 radical (unpaired) electrons. The van der Waals surface area contributed by atoms with Crippen LogP contribution in [0.2, 0.25) is 0 Å². The highest BCUT2D eigenvalue weighted by Gasteiger charge is 2.15. The summed E-state index contributed by atoms with van der Waals surface area (Å²) in [5.74, 6) is 0.205. The molecule has 4 N–H and O–H groups in total. The minimum atomic E-state index is -0.139. The van der Waals surface area contributed by atoms with Crippen molar-refractivity contribution >= 4 is 17.2 Å². The number of amidine groups is 1. The number of oxime groups is 1. The van der Waals surface area contributed by atoms with Gasteiger partial charge in [0.25, 0.3) is 0 Å². The van der Waals surface area contributed by atoms with Gasteiger partial charge in [-0.2, -0.15) is 0 Å². The molecular formula is C11H19N3OS. The lowest BCUT2D eigenvalue weighted by molar-refractivity contribution is 0.314. The third-order valence-electron chi connectivity index (χ3n) is 2.60. The van der Waals surface area contributed by atoms with Crippen LogP contribution in [0.25, 0.3) is 0 Å². The van der Waals surface area contributed by atoms with E-state index >= 15 is 0 Å². The number of nitrogens with two attached hydrogens (primary N) is 1. The highest BCUT2D eigenvalue weighted by molar-refractivity contribution is 7.12. The monoisotopic (exact) mass is 241 g/mol. The van der Waals surface area contributed by atoms with E-state index in [1.54, 1.807) is 11.3 Å². The van der Waals surface area contributed by atoms with E-state index in [0.29, 0.717) is 0 Å². The standard InChI is InChI=1S/C11H19N3OS/c1-6-5-10(9(4)16-6)7(2)13-8(3)11(12)14-15/h5,7-8,13,15H,1-4H3,(H2,12,14). The van der Waals surface area contributed by atoms with Crippen molar-refractivity contribution in [2.45, 2.75) is 39.8 Å². The Morgan fingerprint density at radius 1 is 1.50 bits per heavy atom. The van der Waals surface area contributed by atoms with Crippen LogP contribution >= 0.6 is 11.3 Å². The van der Waals surface area contributed by atoms with Crippen LogP contribution in [0.1, 0.15) is 35.2 Å². The molecule has 0 amide bonds. The van der Waals surface area contributed by atoms with Gasteiger partial charge in [0.2, 0.25) is 0 Å². The van der Waals surface area contributed by atoms with Crippen molar-refractivity contribution in [2.24, 2.45) is 10.9 Å². The maximum absolute atomic E-state index is 8.57. The van der Waals surface area contributed by atoms with Crippen LogP contribution in [0.15, 0.2) is 11.2 Å². The minimum Gasteiger partial charge on any atom is -0.409 e. The number of nitrogens with zero attached hydrogens (tertiary/aromatic N) is 1. The van der Waals surface area contributed by atoms with E-state index in [1.165, 1.54) is 15.3 Å². The maximum atomic E-state index is 8.57. The second-order valence-corrected chi connectivity index (χ2v) is 5.46. The van der Waals surface area contributed by atoms with Crippen molar-refractivity contribution in [3.05, 3.63) is 21.4 Å². The summed E-state index contributed by atoms with van der Waals surface area (Å²) in [6.07, 6.45) is 0. The Labute approximate surface area is 100 Å². The molecule has 2 atom stereocenters. The quantitative estimate of drug-likeness (QED) is 0.327. The average molecular weight is 241 g/mol. The van der Waals surface area contributed by atoms with Crippen molar-refractivity contribution in [3.63, 3.8) is 0 Å². The zero-order valence-electron chi connectivity index (χ0n) is 10.1. The van der Waals surface area contributed by atoms with E-state index < -0.39 is 0 Å². The van der Waals surface area contributed by atoms with Crippen molar-refractivity contribution in [1.29, 1.82) is 0 Å². The van der Waals surface area contributed by atoms with E-state index in [0.717, 1.165) is 0 Å². The van der Waals surface area contributed by atoms with Crippen molar-refractivity contribution < 1.29 is 5.21 Å². The summed E-state index contributed by atoms with van der Waals surface area (Å²) in [4.78, 5) is 2.61. The molecule has 0 fully saturated rings. The van der Waals surface area contributed by atoms with Gasteiger partial charge >= 0.3 is 0 Å². The lowest BCUT2D eigenvalue weighted by Gasteiger charge is -2.19. The zero-order chi connectivity index (χ0) is 12.3. The van der Waals surface area contributed by atoms with Crippen LogP contribution in [0.3, 0.4) is 0 Å². The zero-order valence-corrected chi connectivity index (χ0v) is 10.9. The highest BCUT2D eigenvalue weighted by Crippen LogP contribution is 2.26. The lowest BCUT2D eigenvalue weighted by Crippen LogP contribution is -2.40. The average Bonchev–Trinajstić information content (AvgIpc) is 2.56. The first kappa shape index (κ1) is 13.0. The van der Waals surface area contributed by atoms with Crippen LogP contribution in [-0.2, 0) is 0 Å². The molecule has 0 spiro atoms. The van der Waals surface area contributed by atoms with Gasteiger partial charge < -0.3 is 16.3 Å². The van der Waals surface area contributed by atoms with Gasteiger partial charge in [-0.3, -0.25) is 0 Å². The molecule has 4 nitrogen and oxygen atoms in total. The van der Waals surface area contributed by atoms with Gasteiger partial charge in [-0.05, 0) is 39.3 Å². The molecule has 90 valence electrons. The Balaban J connectivity index is 2.72. The van der Waals surface area contributed by atoms with Crippen molar-refractivity contribution in [1.82, 2.24) is 5.32 Å². The van der Waals surface area contributed by atoms with E-state index in [9.17, 15) is 0 Å². The molecule has 0 bridgehead atoms. The van der Waals surface area contributed by atoms with E-state index in [2.05, 4.69) is 37.3 Å². The minimum absolute atomic E-state index is 0.139. The Bertz CT molecular complexity index is 387. The van der Waals surface area contributed by atoms with E-state index in [1.807, 2.05) is 6.92 Å². The fourth-order valence-electron chi connectivity index (χ4n) is 1.72. The summed E-state index contributed by atoms with van der Waals surface area (Å²) in [6.45, 7) is 8.16. The van der Waals surface area contributed by atoms with Crippen LogP contribution in [0, 0.1) is 13.8 Å². The van der Waals surface area contributed by atoms with Crippen molar-refractivity contribution in [2.75, 3.05) is 0 Å². The molecule has 0 saturated carbocycles. The first-order chi connectivity index (χ1) is 7.45. The number of hydrogen-bond donors (Lipinski definition) is 3. The van der Waals surface area contributed by atoms with Crippen LogP contribution in [0.5, 0.6) is 0 Å². The van der Waals surface area contributed by atoms with Crippen LogP contribution in [-0.4, -0.2) is 17.1 Å². The molecule has 0 aliphatic heterocycles. The maximum Gasteiger partial charge on any atom is 0.156 e. The molecule has 1 aromatic rings. The molecule has 16 heavy (non-hydrogen) atoms. The number of rotatable bonds is 4. The third-order valence-corrected chi connectivity index (χ3v) is 3.59. The second kappa shape index (κ2) is 5.32. The van der Waals surface area contributed by atoms with Gasteiger partial charge in [0.05, 0.1) is 6.04 Å². The Kier molecular flexibility index (Phi) is 4.32. The van der Waals surface area contributed by atoms with Crippen LogP contribution < -0.4 is 11.1 Å². The molecule has 1 aromatic heterocycles. The second-order valence-electron chi connectivity index (χ2n) is 4.00. The number of thiophene rings is 1. The predicted molar refractivity (Wildman–Crippen MR) is 68.2 cm³/mol. The van der Waals surface area contributed by atoms with Gasteiger partial charge in [-0.15, -0.1) is 11.3 Å². The summed E-state index contributed by atoms with van der Waals surface area (Å²) >= 11 is 1.79. The molecule has 0 aliphatic carbocycles. The molecule has 5 heteroatoms. The Morgan fingerprint density at radius 2 is 2.12 bits per heavy atom. The summed E-state index contributed by atoms with van der Waals surface area (Å²) in [6, 6.07) is 2.23. The van der Waals surface area contributed by atoms with Gasteiger partial charge in [0.1, 0.15) is 0 Å². The summed E-state index contributed by atoms with van der Waals surface area (Å²) in [5, 5.41) is 14.9. The molecule has 2 unspecified atom stereocenters. The van der Waals surface area contributed by atoms with Gasteiger partial charge in [0.15, 0.2) is 5.84 Å². The number of aryl methyl sites for hydroxylation is 2. The first-order valence-corrected chi connectivity index (χ1v) is 6.07. The van der Waals surface area contributed by atoms with Crippen LogP contribution in [0.4, 0.5) is 0 Å². The smallest absolute Gasteiger partial charge is 0.156 e. The number of hydrogen-bond acceptors (Lipinski definition) is 4. The number of nitrogens with one attached hydrogen (secondary N) is 1. The molecular weight excluding hydrogens is 222 g/mol. The fourth-order valence-corrected chi connectivity index (χ4v) is 2.74. The Hall–Kier alpha value is -1.07. The molecule has 0 aliphatic rings. The molecule has 1 heterocycles. The van der Waals surface area contributed by atoms with Crippen molar-refractivity contribution in [3.8, 4) is 0 Å². The third kappa shape index (κ3) is 2.96. The fraction of sp³-hybridized carbons (Fsp3) is 0.545. The lowest BCUT2D eigenvalue weighted by atomic mass is 10.1. The molecule has 1 rings (SSSR count). The first-order valence-electron chi connectivity index (χ1n) is 5.26. The topological polar surface area (TPSA) is 70.6 Å². The van der Waals surface area contributed by atoms with E-state index in [4.69, 9.17) is 10.9 Å². The van der Waals surface area contributed by atoms with Gasteiger partial charge in [0, 0.05) is 15.8 Å². The molecule has 0 saturated heterocycles. The van der Waals surface area contributed by atoms with Gasteiger partial charge in [-0.1, -0.05) is 5.16 Å². The predicted octanol–water partition coefficient (Wildman–Crippen LogP) is 2.15. The largest absolute Gasteiger partial charge is 0.409 e. The normalized spacial score (nSPS) is 16.1. The SMILES string of the molecule is Cc1cc(C(C)NC(C)C(N)=NO)c(C)s1.